The van der Waals surface area contributed by atoms with Gasteiger partial charge in [0, 0.05) is 7.11 Å². The molecule has 0 aliphatic carbocycles. The lowest BCUT2D eigenvalue weighted by Gasteiger charge is -1.73. The predicted octanol–water partition coefficient (Wildman–Crippen LogP) is 0.0265. The van der Waals surface area contributed by atoms with Crippen LogP contribution in [0.5, 0.6) is 0 Å². The summed E-state index contributed by atoms with van der Waals surface area (Å²) in [5.41, 5.74) is 0. The Kier molecular flexibility index (Phi) is 4.26. The first-order valence-electron chi connectivity index (χ1n) is 0.964. The van der Waals surface area contributed by atoms with Crippen LogP contribution in [-0.2, 0) is 4.43 Å². The van der Waals surface area contributed by atoms with Gasteiger partial charge >= 0.3 is 0 Å². The van der Waals surface area contributed by atoms with Gasteiger partial charge in [-0.05, 0) is 0 Å². The molecule has 0 spiro atoms. The van der Waals surface area contributed by atoms with Crippen LogP contribution in [0.4, 0.5) is 0 Å². The van der Waals surface area contributed by atoms with Crippen LogP contribution in [0.1, 0.15) is 0 Å². The summed E-state index contributed by atoms with van der Waals surface area (Å²) in [6, 6.07) is 0. The zero-order valence-corrected chi connectivity index (χ0v) is 5.49. The van der Waals surface area contributed by atoms with Gasteiger partial charge in [-0.25, -0.2) is 0 Å². The SMILES string of the molecule is CO[SiH2]Br. The number of halogens is 1. The summed E-state index contributed by atoms with van der Waals surface area (Å²) in [5.74, 6) is 0. The summed E-state index contributed by atoms with van der Waals surface area (Å²) in [6.07, 6.45) is 0. The van der Waals surface area contributed by atoms with Crippen molar-refractivity contribution in [1.82, 2.24) is 0 Å². The summed E-state index contributed by atoms with van der Waals surface area (Å²) in [4.78, 5) is 0. The van der Waals surface area contributed by atoms with E-state index in [1.807, 2.05) is 0 Å². The first kappa shape index (κ1) is 4.66. The van der Waals surface area contributed by atoms with Crippen molar-refractivity contribution in [1.29, 1.82) is 0 Å². The van der Waals surface area contributed by atoms with Crippen molar-refractivity contribution in [2.45, 2.75) is 0 Å². The van der Waals surface area contributed by atoms with Gasteiger partial charge in [0.25, 0.3) is 0 Å². The highest BCUT2D eigenvalue weighted by atomic mass is 79.9. The predicted molar refractivity (Wildman–Crippen MR) is 24.5 cm³/mol. The Balaban J connectivity index is 1.97. The van der Waals surface area contributed by atoms with Crippen molar-refractivity contribution in [3.63, 3.8) is 0 Å². The molecule has 0 amide bonds. The lowest BCUT2D eigenvalue weighted by atomic mass is 11.8. The summed E-state index contributed by atoms with van der Waals surface area (Å²) < 4.78 is 4.60. The highest BCUT2D eigenvalue weighted by Crippen LogP contribution is 1.67. The molecule has 0 aromatic carbocycles. The Labute approximate surface area is 35.9 Å². The number of hydrogen-bond acceptors (Lipinski definition) is 1. The Hall–Kier alpha value is 0.657. The average Bonchev–Trinajstić information content (AvgIpc) is 1.37. The second-order valence-electron chi connectivity index (χ2n) is 0.398. The van der Waals surface area contributed by atoms with Gasteiger partial charge in [-0.3, -0.25) is 0 Å². The van der Waals surface area contributed by atoms with E-state index in [4.69, 9.17) is 0 Å². The second kappa shape index (κ2) is 3.66. The lowest BCUT2D eigenvalue weighted by Crippen LogP contribution is -1.74. The van der Waals surface area contributed by atoms with Crippen LogP contribution in [0.2, 0.25) is 0 Å². The van der Waals surface area contributed by atoms with E-state index in [0.717, 1.165) is 0 Å². The molecule has 0 heterocycles. The summed E-state index contributed by atoms with van der Waals surface area (Å²) in [5, 5.41) is 0. The zero-order valence-electron chi connectivity index (χ0n) is 2.49. The molecule has 0 rings (SSSR count). The van der Waals surface area contributed by atoms with E-state index >= 15 is 0 Å². The van der Waals surface area contributed by atoms with Crippen LogP contribution in [0.25, 0.3) is 0 Å². The largest absolute Gasteiger partial charge is 0.415 e. The van der Waals surface area contributed by atoms with Gasteiger partial charge in [0.05, 0.1) is 0 Å². The fraction of sp³-hybridized carbons (Fsp3) is 1.00. The smallest absolute Gasteiger partial charge is 0.231 e. The average molecular weight is 141 g/mol. The lowest BCUT2D eigenvalue weighted by molar-refractivity contribution is 0.457. The Morgan fingerprint density at radius 2 is 2.25 bits per heavy atom. The van der Waals surface area contributed by atoms with Crippen molar-refractivity contribution in [2.24, 2.45) is 0 Å². The third-order valence-electron chi connectivity index (χ3n) is 0.109. The van der Waals surface area contributed by atoms with E-state index in [1.54, 1.807) is 7.11 Å². The van der Waals surface area contributed by atoms with Crippen molar-refractivity contribution in [3.05, 3.63) is 0 Å². The van der Waals surface area contributed by atoms with Crippen LogP contribution in [0.15, 0.2) is 0 Å². The molecule has 0 saturated heterocycles. The fourth-order valence-electron chi connectivity index (χ4n) is 0. The fourth-order valence-corrected chi connectivity index (χ4v) is 0. The highest BCUT2D eigenvalue weighted by Gasteiger charge is 1.57. The molecular weight excluding hydrogens is 136 g/mol. The molecule has 0 atom stereocenters. The van der Waals surface area contributed by atoms with Crippen LogP contribution >= 0.6 is 15.3 Å². The molecule has 0 fully saturated rings. The molecule has 26 valence electrons. The molecule has 0 aromatic heterocycles. The van der Waals surface area contributed by atoms with E-state index in [0.29, 0.717) is 0 Å². The first-order valence-corrected chi connectivity index (χ1v) is 5.44. The third-order valence-corrected chi connectivity index (χ3v) is 1.70. The first-order chi connectivity index (χ1) is 1.91. The molecule has 4 heavy (non-hydrogen) atoms. The summed E-state index contributed by atoms with van der Waals surface area (Å²) >= 11 is 3.16. The molecule has 0 aromatic rings. The molecule has 0 bridgehead atoms. The molecule has 0 saturated carbocycles. The van der Waals surface area contributed by atoms with Crippen molar-refractivity contribution >= 4 is 23.7 Å². The van der Waals surface area contributed by atoms with E-state index in [-0.39, 0.29) is 8.38 Å². The van der Waals surface area contributed by atoms with Crippen LogP contribution < -0.4 is 0 Å². The molecule has 0 unspecified atom stereocenters. The van der Waals surface area contributed by atoms with Crippen LogP contribution in [-0.4, -0.2) is 15.5 Å². The maximum absolute atomic E-state index is 4.60. The maximum atomic E-state index is 4.60. The van der Waals surface area contributed by atoms with Gasteiger partial charge in [-0.2, -0.15) is 0 Å². The van der Waals surface area contributed by atoms with Gasteiger partial charge in [-0.1, -0.05) is 15.3 Å². The Morgan fingerprint density at radius 1 is 2.00 bits per heavy atom. The molecule has 0 aliphatic heterocycles. The molecular formula is CH5BrOSi. The van der Waals surface area contributed by atoms with Gasteiger partial charge in [0.2, 0.25) is 8.38 Å². The summed E-state index contributed by atoms with van der Waals surface area (Å²) in [6.45, 7) is 0. The van der Waals surface area contributed by atoms with Gasteiger partial charge in [0.1, 0.15) is 0 Å². The van der Waals surface area contributed by atoms with Crippen molar-refractivity contribution in [3.8, 4) is 0 Å². The molecule has 0 radical (unpaired) electrons. The minimum absolute atomic E-state index is 0.263. The molecule has 0 N–H and O–H groups in total. The van der Waals surface area contributed by atoms with E-state index in [9.17, 15) is 0 Å². The standard InChI is InChI=1S/CH5BrOSi/c1-3-4-2/h4H2,1H3. The van der Waals surface area contributed by atoms with Crippen molar-refractivity contribution in [2.75, 3.05) is 7.11 Å². The third kappa shape index (κ3) is 2.66. The van der Waals surface area contributed by atoms with Crippen LogP contribution in [0, 0.1) is 0 Å². The second-order valence-corrected chi connectivity index (χ2v) is 2.57. The molecule has 3 heteroatoms. The van der Waals surface area contributed by atoms with Crippen molar-refractivity contribution < 1.29 is 4.43 Å². The van der Waals surface area contributed by atoms with Gasteiger partial charge < -0.3 is 4.43 Å². The maximum Gasteiger partial charge on any atom is 0.231 e. The van der Waals surface area contributed by atoms with E-state index in [2.05, 4.69) is 19.7 Å². The number of hydrogen-bond donors (Lipinski definition) is 0. The zero-order chi connectivity index (χ0) is 3.41. The topological polar surface area (TPSA) is 9.23 Å². The minimum atomic E-state index is -0.263. The van der Waals surface area contributed by atoms with E-state index in [1.165, 1.54) is 0 Å². The molecule has 0 aliphatic rings. The van der Waals surface area contributed by atoms with E-state index < -0.39 is 0 Å². The van der Waals surface area contributed by atoms with Crippen LogP contribution in [0.3, 0.4) is 0 Å². The minimum Gasteiger partial charge on any atom is -0.415 e. The Bertz CT molecular complexity index is 10.0. The molecule has 1 nitrogen and oxygen atoms in total. The monoisotopic (exact) mass is 140 g/mol. The normalized spacial score (nSPS) is 10.5. The highest BCUT2D eigenvalue weighted by molar-refractivity contribution is 9.23. The summed E-state index contributed by atoms with van der Waals surface area (Å²) in [7, 11) is 1.43. The van der Waals surface area contributed by atoms with Gasteiger partial charge in [0.15, 0.2) is 0 Å². The van der Waals surface area contributed by atoms with Gasteiger partial charge in [-0.15, -0.1) is 0 Å². The Morgan fingerprint density at radius 3 is 2.25 bits per heavy atom. The number of rotatable bonds is 1. The quantitative estimate of drug-likeness (QED) is 0.369.